The Labute approximate surface area is 143 Å². The third kappa shape index (κ3) is 4.48. The maximum absolute atomic E-state index is 12.7. The molecule has 1 heterocycles. The highest BCUT2D eigenvalue weighted by Crippen LogP contribution is 2.27. The van der Waals surface area contributed by atoms with E-state index in [0.717, 1.165) is 4.31 Å². The number of carboxylic acid groups (broad SMARTS) is 1. The van der Waals surface area contributed by atoms with Crippen LogP contribution in [0.1, 0.15) is 12.2 Å². The lowest BCUT2D eigenvalue weighted by Gasteiger charge is -2.20. The van der Waals surface area contributed by atoms with Gasteiger partial charge in [-0.05, 0) is 30.3 Å². The molecule has 0 unspecified atom stereocenters. The highest BCUT2D eigenvalue weighted by molar-refractivity contribution is 7.89. The van der Waals surface area contributed by atoms with E-state index in [0.29, 0.717) is 5.76 Å². The summed E-state index contributed by atoms with van der Waals surface area (Å²) in [5.74, 6) is -0.696. The molecule has 0 spiro atoms. The SMILES string of the molecule is O=C(O)CCN(Cc1ccco1)S(=O)(=O)c1ccc(Cl)c(Cl)c1. The van der Waals surface area contributed by atoms with Gasteiger partial charge in [-0.25, -0.2) is 8.42 Å². The summed E-state index contributed by atoms with van der Waals surface area (Å²) in [5.41, 5.74) is 0. The Kier molecular flexibility index (Phi) is 5.69. The molecule has 2 rings (SSSR count). The third-order valence-corrected chi connectivity index (χ3v) is 5.60. The molecular weight excluding hydrogens is 365 g/mol. The van der Waals surface area contributed by atoms with E-state index in [-0.39, 0.29) is 34.5 Å². The molecule has 23 heavy (non-hydrogen) atoms. The number of aliphatic carboxylic acids is 1. The van der Waals surface area contributed by atoms with Crippen LogP contribution in [0, 0.1) is 0 Å². The maximum atomic E-state index is 12.7. The number of carbonyl (C=O) groups is 1. The maximum Gasteiger partial charge on any atom is 0.304 e. The molecule has 1 aromatic heterocycles. The number of furan rings is 1. The quantitative estimate of drug-likeness (QED) is 0.799. The lowest BCUT2D eigenvalue weighted by molar-refractivity contribution is -0.137. The second-order valence-corrected chi connectivity index (χ2v) is 7.39. The van der Waals surface area contributed by atoms with E-state index in [9.17, 15) is 13.2 Å². The Morgan fingerprint density at radius 1 is 1.22 bits per heavy atom. The average molecular weight is 378 g/mol. The zero-order valence-corrected chi connectivity index (χ0v) is 14.1. The van der Waals surface area contributed by atoms with E-state index in [1.165, 1.54) is 24.5 Å². The molecule has 0 bridgehead atoms. The van der Waals surface area contributed by atoms with Crippen molar-refractivity contribution in [2.24, 2.45) is 0 Å². The topological polar surface area (TPSA) is 87.8 Å². The number of carboxylic acids is 1. The van der Waals surface area contributed by atoms with Crippen molar-refractivity contribution in [2.45, 2.75) is 17.9 Å². The first-order valence-corrected chi connectivity index (χ1v) is 8.69. The largest absolute Gasteiger partial charge is 0.481 e. The van der Waals surface area contributed by atoms with Crippen molar-refractivity contribution in [1.82, 2.24) is 4.31 Å². The molecule has 9 heteroatoms. The van der Waals surface area contributed by atoms with Gasteiger partial charge in [-0.1, -0.05) is 23.2 Å². The fourth-order valence-corrected chi connectivity index (χ4v) is 3.66. The normalized spacial score (nSPS) is 11.8. The summed E-state index contributed by atoms with van der Waals surface area (Å²) in [6.07, 6.45) is 1.08. The van der Waals surface area contributed by atoms with Crippen LogP contribution < -0.4 is 0 Å². The first-order valence-electron chi connectivity index (χ1n) is 6.50. The Balaban J connectivity index is 2.34. The van der Waals surface area contributed by atoms with Crippen LogP contribution in [-0.2, 0) is 21.4 Å². The summed E-state index contributed by atoms with van der Waals surface area (Å²) in [5, 5.41) is 9.15. The molecule has 2 aromatic rings. The van der Waals surface area contributed by atoms with Gasteiger partial charge in [0.1, 0.15) is 5.76 Å². The molecule has 124 valence electrons. The van der Waals surface area contributed by atoms with Gasteiger partial charge in [0.2, 0.25) is 10.0 Å². The molecule has 0 saturated heterocycles. The first kappa shape index (κ1) is 17.8. The van der Waals surface area contributed by atoms with Crippen LogP contribution in [0.3, 0.4) is 0 Å². The number of hydrogen-bond donors (Lipinski definition) is 1. The number of sulfonamides is 1. The standard InChI is InChI=1S/C14H13Cl2NO5S/c15-12-4-3-11(8-13(12)16)23(20,21)17(6-5-14(18)19)9-10-2-1-7-22-10/h1-4,7-8H,5-6,9H2,(H,18,19). The Bertz CT molecular complexity index is 790. The highest BCUT2D eigenvalue weighted by Gasteiger charge is 2.26. The first-order chi connectivity index (χ1) is 10.8. The Morgan fingerprint density at radius 2 is 1.96 bits per heavy atom. The van der Waals surface area contributed by atoms with Gasteiger partial charge in [0.05, 0.1) is 34.2 Å². The molecule has 1 aromatic carbocycles. The van der Waals surface area contributed by atoms with E-state index in [1.807, 2.05) is 0 Å². The predicted molar refractivity (Wildman–Crippen MR) is 85.0 cm³/mol. The smallest absolute Gasteiger partial charge is 0.304 e. The summed E-state index contributed by atoms with van der Waals surface area (Å²) < 4.78 is 31.6. The number of benzene rings is 1. The predicted octanol–water partition coefficient (Wildman–Crippen LogP) is 3.25. The fraction of sp³-hybridized carbons (Fsp3) is 0.214. The van der Waals surface area contributed by atoms with Gasteiger partial charge in [-0.2, -0.15) is 4.31 Å². The number of nitrogens with zero attached hydrogens (tertiary/aromatic N) is 1. The number of hydrogen-bond acceptors (Lipinski definition) is 4. The van der Waals surface area contributed by atoms with Crippen molar-refractivity contribution < 1.29 is 22.7 Å². The van der Waals surface area contributed by atoms with E-state index < -0.39 is 16.0 Å². The minimum atomic E-state index is -3.95. The van der Waals surface area contributed by atoms with E-state index >= 15 is 0 Å². The molecule has 0 aliphatic rings. The van der Waals surface area contributed by atoms with Crippen LogP contribution in [0.2, 0.25) is 10.0 Å². The Morgan fingerprint density at radius 3 is 2.52 bits per heavy atom. The third-order valence-electron chi connectivity index (χ3n) is 3.02. The van der Waals surface area contributed by atoms with Gasteiger partial charge in [0.15, 0.2) is 0 Å². The molecule has 1 N–H and O–H groups in total. The average Bonchev–Trinajstić information content (AvgIpc) is 2.98. The fourth-order valence-electron chi connectivity index (χ4n) is 1.87. The number of halogens is 2. The second kappa shape index (κ2) is 7.35. The molecule has 0 amide bonds. The van der Waals surface area contributed by atoms with Gasteiger partial charge < -0.3 is 9.52 Å². The van der Waals surface area contributed by atoms with Crippen molar-refractivity contribution >= 4 is 39.2 Å². The van der Waals surface area contributed by atoms with Crippen LogP contribution in [0.25, 0.3) is 0 Å². The zero-order valence-electron chi connectivity index (χ0n) is 11.8. The van der Waals surface area contributed by atoms with E-state index in [1.54, 1.807) is 12.1 Å². The molecule has 6 nitrogen and oxygen atoms in total. The van der Waals surface area contributed by atoms with Crippen molar-refractivity contribution in [3.8, 4) is 0 Å². The summed E-state index contributed by atoms with van der Waals surface area (Å²) in [6.45, 7) is -0.276. The molecule has 0 radical (unpaired) electrons. The van der Waals surface area contributed by atoms with Gasteiger partial charge >= 0.3 is 5.97 Å². The number of rotatable bonds is 7. The van der Waals surface area contributed by atoms with Gasteiger partial charge in [-0.15, -0.1) is 0 Å². The molecular formula is C14H13Cl2NO5S. The minimum absolute atomic E-state index is 0.0659. The van der Waals surface area contributed by atoms with Crippen LogP contribution in [0.4, 0.5) is 0 Å². The molecule has 0 aliphatic carbocycles. The summed E-state index contributed by atoms with van der Waals surface area (Å²) in [7, 11) is -3.95. The lowest BCUT2D eigenvalue weighted by Crippen LogP contribution is -2.32. The molecule has 0 saturated carbocycles. The van der Waals surface area contributed by atoms with Crippen molar-refractivity contribution in [1.29, 1.82) is 0 Å². The van der Waals surface area contributed by atoms with Gasteiger partial charge in [0, 0.05) is 6.54 Å². The molecule has 0 atom stereocenters. The van der Waals surface area contributed by atoms with Crippen molar-refractivity contribution in [3.05, 3.63) is 52.4 Å². The zero-order chi connectivity index (χ0) is 17.0. The van der Waals surface area contributed by atoms with E-state index in [2.05, 4.69) is 0 Å². The van der Waals surface area contributed by atoms with Gasteiger partial charge in [0.25, 0.3) is 0 Å². The molecule has 0 aliphatic heterocycles. The van der Waals surface area contributed by atoms with Gasteiger partial charge in [-0.3, -0.25) is 4.79 Å². The summed E-state index contributed by atoms with van der Waals surface area (Å²) >= 11 is 11.7. The van der Waals surface area contributed by atoms with Crippen molar-refractivity contribution in [3.63, 3.8) is 0 Å². The second-order valence-electron chi connectivity index (χ2n) is 4.64. The highest BCUT2D eigenvalue weighted by atomic mass is 35.5. The lowest BCUT2D eigenvalue weighted by atomic mass is 10.4. The van der Waals surface area contributed by atoms with Crippen molar-refractivity contribution in [2.75, 3.05) is 6.54 Å². The van der Waals surface area contributed by atoms with Crippen LogP contribution in [0.15, 0.2) is 45.9 Å². The van der Waals surface area contributed by atoms with Crippen LogP contribution >= 0.6 is 23.2 Å². The minimum Gasteiger partial charge on any atom is -0.481 e. The van der Waals surface area contributed by atoms with E-state index in [4.69, 9.17) is 32.7 Å². The Hall–Kier alpha value is -1.54. The molecule has 0 fully saturated rings. The van der Waals surface area contributed by atoms with Crippen LogP contribution in [-0.4, -0.2) is 30.3 Å². The summed E-state index contributed by atoms with van der Waals surface area (Å²) in [6, 6.07) is 7.15. The van der Waals surface area contributed by atoms with Crippen LogP contribution in [0.5, 0.6) is 0 Å². The monoisotopic (exact) mass is 377 g/mol. The summed E-state index contributed by atoms with van der Waals surface area (Å²) in [4.78, 5) is 10.7.